The standard InChI is InChI=1S/C30H35Cl2N3O4S/c1-4-33-30(37)28(20-23-11-6-5-7-12-23)34(21-24-15-16-26(31)27(32)19-24)29(36)14-9-17-35(40(3,38)39)25-13-8-10-22(2)18-25/h5-8,10-13,15-16,18-19,28H,4,9,14,17,20-21H2,1-3H3,(H,33,37)/t28-/m0/s1. The molecule has 0 saturated carbocycles. The van der Waals surface area contributed by atoms with E-state index in [1.165, 1.54) is 4.31 Å². The number of carbonyl (C=O) groups is 2. The Morgan fingerprint density at radius 1 is 0.925 bits per heavy atom. The molecule has 3 rings (SSSR count). The molecule has 0 saturated heterocycles. The first-order valence-electron chi connectivity index (χ1n) is 13.1. The average Bonchev–Trinajstić information content (AvgIpc) is 2.90. The number of hydrogen-bond acceptors (Lipinski definition) is 4. The molecule has 0 radical (unpaired) electrons. The monoisotopic (exact) mass is 603 g/mol. The van der Waals surface area contributed by atoms with Gasteiger partial charge in [-0.1, -0.05) is 71.7 Å². The topological polar surface area (TPSA) is 86.8 Å². The second-order valence-corrected chi connectivity index (χ2v) is 12.4. The summed E-state index contributed by atoms with van der Waals surface area (Å²) >= 11 is 12.4. The summed E-state index contributed by atoms with van der Waals surface area (Å²) in [6.07, 6.45) is 1.78. The van der Waals surface area contributed by atoms with Crippen molar-refractivity contribution in [3.8, 4) is 0 Å². The molecule has 0 fully saturated rings. The number of halogens is 2. The minimum absolute atomic E-state index is 0.0455. The second-order valence-electron chi connectivity index (χ2n) is 9.65. The first kappa shape index (κ1) is 31.5. The van der Waals surface area contributed by atoms with E-state index in [0.29, 0.717) is 28.7 Å². The van der Waals surface area contributed by atoms with Crippen LogP contribution in [0, 0.1) is 6.92 Å². The Balaban J connectivity index is 1.88. The van der Waals surface area contributed by atoms with Gasteiger partial charge in [0, 0.05) is 32.5 Å². The molecule has 40 heavy (non-hydrogen) atoms. The van der Waals surface area contributed by atoms with Gasteiger partial charge in [-0.15, -0.1) is 0 Å². The summed E-state index contributed by atoms with van der Waals surface area (Å²) in [6, 6.07) is 21.1. The minimum Gasteiger partial charge on any atom is -0.355 e. The van der Waals surface area contributed by atoms with Crippen molar-refractivity contribution in [2.45, 2.75) is 45.7 Å². The van der Waals surface area contributed by atoms with Crippen LogP contribution in [0.4, 0.5) is 5.69 Å². The number of carbonyl (C=O) groups excluding carboxylic acids is 2. The van der Waals surface area contributed by atoms with E-state index in [-0.39, 0.29) is 37.7 Å². The van der Waals surface area contributed by atoms with Gasteiger partial charge in [-0.25, -0.2) is 8.42 Å². The lowest BCUT2D eigenvalue weighted by atomic mass is 10.0. The lowest BCUT2D eigenvalue weighted by Gasteiger charge is -2.32. The van der Waals surface area contributed by atoms with E-state index in [0.717, 1.165) is 22.9 Å². The molecule has 0 aliphatic carbocycles. The number of nitrogens with zero attached hydrogens (tertiary/aromatic N) is 2. The van der Waals surface area contributed by atoms with Crippen molar-refractivity contribution in [1.29, 1.82) is 0 Å². The van der Waals surface area contributed by atoms with Crippen LogP contribution in [0.25, 0.3) is 0 Å². The second kappa shape index (κ2) is 14.5. The molecule has 0 heterocycles. The molecule has 10 heteroatoms. The summed E-state index contributed by atoms with van der Waals surface area (Å²) in [6.45, 7) is 4.40. The van der Waals surface area contributed by atoms with Gasteiger partial charge in [0.2, 0.25) is 21.8 Å². The summed E-state index contributed by atoms with van der Waals surface area (Å²) in [5.74, 6) is -0.534. The van der Waals surface area contributed by atoms with E-state index < -0.39 is 16.1 Å². The summed E-state index contributed by atoms with van der Waals surface area (Å²) in [4.78, 5) is 28.6. The van der Waals surface area contributed by atoms with Crippen LogP contribution in [0.2, 0.25) is 10.0 Å². The van der Waals surface area contributed by atoms with Crippen molar-refractivity contribution in [3.05, 3.63) is 99.5 Å². The van der Waals surface area contributed by atoms with Gasteiger partial charge in [-0.3, -0.25) is 13.9 Å². The molecule has 0 bridgehead atoms. The van der Waals surface area contributed by atoms with Crippen LogP contribution in [0.15, 0.2) is 72.8 Å². The smallest absolute Gasteiger partial charge is 0.243 e. The number of likely N-dealkylation sites (N-methyl/N-ethyl adjacent to an activating group) is 1. The van der Waals surface area contributed by atoms with Crippen LogP contribution in [0.1, 0.15) is 36.5 Å². The quantitative estimate of drug-likeness (QED) is 0.274. The van der Waals surface area contributed by atoms with Crippen LogP contribution in [-0.4, -0.2) is 50.5 Å². The zero-order valence-electron chi connectivity index (χ0n) is 22.9. The first-order chi connectivity index (χ1) is 19.0. The molecule has 0 aliphatic rings. The summed E-state index contributed by atoms with van der Waals surface area (Å²) in [5.41, 5.74) is 3.11. The highest BCUT2D eigenvalue weighted by molar-refractivity contribution is 7.92. The van der Waals surface area contributed by atoms with Gasteiger partial charge in [0.05, 0.1) is 22.0 Å². The number of anilines is 1. The molecule has 0 aliphatic heterocycles. The van der Waals surface area contributed by atoms with Gasteiger partial charge in [0.25, 0.3) is 0 Å². The Kier molecular flexibility index (Phi) is 11.4. The van der Waals surface area contributed by atoms with Gasteiger partial charge in [0.1, 0.15) is 6.04 Å². The van der Waals surface area contributed by atoms with Crippen LogP contribution >= 0.6 is 23.2 Å². The van der Waals surface area contributed by atoms with Crippen molar-refractivity contribution in [1.82, 2.24) is 10.2 Å². The Labute approximate surface area is 247 Å². The molecule has 3 aromatic carbocycles. The predicted molar refractivity (Wildman–Crippen MR) is 162 cm³/mol. The number of hydrogen-bond donors (Lipinski definition) is 1. The summed E-state index contributed by atoms with van der Waals surface area (Å²) < 4.78 is 26.5. The van der Waals surface area contributed by atoms with Crippen LogP contribution in [-0.2, 0) is 32.6 Å². The molecule has 7 nitrogen and oxygen atoms in total. The predicted octanol–water partition coefficient (Wildman–Crippen LogP) is 5.62. The fraction of sp³-hybridized carbons (Fsp3) is 0.333. The Bertz CT molecular complexity index is 1420. The minimum atomic E-state index is -3.57. The molecular formula is C30H35Cl2N3O4S. The van der Waals surface area contributed by atoms with Crippen LogP contribution in [0.5, 0.6) is 0 Å². The molecule has 1 atom stereocenters. The van der Waals surface area contributed by atoms with E-state index in [9.17, 15) is 18.0 Å². The van der Waals surface area contributed by atoms with Gasteiger partial charge >= 0.3 is 0 Å². The van der Waals surface area contributed by atoms with Crippen molar-refractivity contribution < 1.29 is 18.0 Å². The molecule has 1 N–H and O–H groups in total. The number of amides is 2. The number of rotatable bonds is 13. The molecule has 2 amide bonds. The van der Waals surface area contributed by atoms with Crippen molar-refractivity contribution in [2.75, 3.05) is 23.7 Å². The van der Waals surface area contributed by atoms with Gasteiger partial charge < -0.3 is 10.2 Å². The van der Waals surface area contributed by atoms with E-state index in [4.69, 9.17) is 23.2 Å². The zero-order valence-corrected chi connectivity index (χ0v) is 25.3. The van der Waals surface area contributed by atoms with E-state index in [1.807, 2.05) is 50.2 Å². The normalized spacial score (nSPS) is 12.0. The van der Waals surface area contributed by atoms with Gasteiger partial charge in [0.15, 0.2) is 0 Å². The first-order valence-corrected chi connectivity index (χ1v) is 15.7. The Morgan fingerprint density at radius 2 is 1.65 bits per heavy atom. The summed E-state index contributed by atoms with van der Waals surface area (Å²) in [7, 11) is -3.57. The Hall–Kier alpha value is -3.07. The number of aryl methyl sites for hydroxylation is 1. The van der Waals surface area contributed by atoms with E-state index in [1.54, 1.807) is 41.3 Å². The number of sulfonamides is 1. The van der Waals surface area contributed by atoms with Crippen LogP contribution < -0.4 is 9.62 Å². The molecule has 0 unspecified atom stereocenters. The highest BCUT2D eigenvalue weighted by Crippen LogP contribution is 2.25. The number of nitrogens with one attached hydrogen (secondary N) is 1. The lowest BCUT2D eigenvalue weighted by molar-refractivity contribution is -0.141. The third kappa shape index (κ3) is 8.98. The fourth-order valence-electron chi connectivity index (χ4n) is 4.47. The molecule has 3 aromatic rings. The maximum Gasteiger partial charge on any atom is 0.243 e. The Morgan fingerprint density at radius 3 is 2.27 bits per heavy atom. The highest BCUT2D eigenvalue weighted by atomic mass is 35.5. The third-order valence-electron chi connectivity index (χ3n) is 6.40. The van der Waals surface area contributed by atoms with Crippen molar-refractivity contribution in [3.63, 3.8) is 0 Å². The maximum atomic E-state index is 13.8. The number of benzene rings is 3. The molecule has 0 spiro atoms. The van der Waals surface area contributed by atoms with E-state index >= 15 is 0 Å². The SMILES string of the molecule is CCNC(=O)[C@H](Cc1ccccc1)N(Cc1ccc(Cl)c(Cl)c1)C(=O)CCCN(c1cccc(C)c1)S(C)(=O)=O. The van der Waals surface area contributed by atoms with Gasteiger partial charge in [-0.05, 0) is 61.2 Å². The molecule has 0 aromatic heterocycles. The maximum absolute atomic E-state index is 13.8. The largest absolute Gasteiger partial charge is 0.355 e. The van der Waals surface area contributed by atoms with E-state index in [2.05, 4.69) is 5.32 Å². The fourth-order valence-corrected chi connectivity index (χ4v) is 5.75. The third-order valence-corrected chi connectivity index (χ3v) is 8.33. The van der Waals surface area contributed by atoms with Crippen molar-refractivity contribution in [2.24, 2.45) is 0 Å². The van der Waals surface area contributed by atoms with Crippen molar-refractivity contribution >= 4 is 50.7 Å². The lowest BCUT2D eigenvalue weighted by Crippen LogP contribution is -2.50. The van der Waals surface area contributed by atoms with Crippen LogP contribution in [0.3, 0.4) is 0 Å². The zero-order chi connectivity index (χ0) is 29.3. The highest BCUT2D eigenvalue weighted by Gasteiger charge is 2.30. The van der Waals surface area contributed by atoms with Gasteiger partial charge in [-0.2, -0.15) is 0 Å². The molecular weight excluding hydrogens is 569 g/mol. The molecule has 214 valence electrons. The average molecular weight is 605 g/mol. The summed E-state index contributed by atoms with van der Waals surface area (Å²) in [5, 5.41) is 3.61.